The molecule has 0 aromatic heterocycles. The second kappa shape index (κ2) is 6.60. The summed E-state index contributed by atoms with van der Waals surface area (Å²) < 4.78 is -0.0769. The van der Waals surface area contributed by atoms with Gasteiger partial charge in [0.2, 0.25) is 0 Å². The Hall–Kier alpha value is -1.76. The van der Waals surface area contributed by atoms with E-state index in [4.69, 9.17) is 0 Å². The number of hydrogen-bond acceptors (Lipinski definition) is 5. The van der Waals surface area contributed by atoms with Crippen molar-refractivity contribution in [2.45, 2.75) is 18.6 Å². The monoisotopic (exact) mass is 297 g/mol. The number of hydrogen-bond donors (Lipinski definition) is 2. The van der Waals surface area contributed by atoms with E-state index in [0.29, 0.717) is 12.2 Å². The van der Waals surface area contributed by atoms with Gasteiger partial charge in [-0.2, -0.15) is 11.8 Å². The van der Waals surface area contributed by atoms with Gasteiger partial charge in [0.05, 0.1) is 4.92 Å². The van der Waals surface area contributed by atoms with Crippen LogP contribution in [0, 0.1) is 10.1 Å². The average Bonchev–Trinajstić information content (AvgIpc) is 2.44. The third-order valence-electron chi connectivity index (χ3n) is 2.95. The number of thioether (sulfide) groups is 1. The molecule has 0 heterocycles. The Morgan fingerprint density at radius 1 is 1.45 bits per heavy atom. The molecule has 2 N–H and O–H groups in total. The Bertz CT molecular complexity index is 518. The van der Waals surface area contributed by atoms with Crippen molar-refractivity contribution < 1.29 is 9.72 Å². The van der Waals surface area contributed by atoms with Gasteiger partial charge in [0.15, 0.2) is 0 Å². The molecule has 6 nitrogen and oxygen atoms in total. The molecule has 20 heavy (non-hydrogen) atoms. The van der Waals surface area contributed by atoms with Gasteiger partial charge >= 0.3 is 0 Å². The number of benzene rings is 1. The third-order valence-corrected chi connectivity index (χ3v) is 4.20. The number of anilines is 1. The molecule has 1 amide bonds. The summed E-state index contributed by atoms with van der Waals surface area (Å²) in [5.74, 6) is -0.308. The molecule has 0 aliphatic rings. The Morgan fingerprint density at radius 3 is 2.60 bits per heavy atom. The molecule has 0 atom stereocenters. The first-order valence-electron chi connectivity index (χ1n) is 6.10. The fourth-order valence-electron chi connectivity index (χ4n) is 1.50. The molecule has 0 bridgehead atoms. The van der Waals surface area contributed by atoms with Crippen molar-refractivity contribution in [3.8, 4) is 0 Å². The van der Waals surface area contributed by atoms with Crippen LogP contribution < -0.4 is 10.6 Å². The molecule has 0 spiro atoms. The SMILES string of the molecule is CNc1ccc(C(=O)NCC(C)(C)SC)cc1[N+](=O)[O-]. The van der Waals surface area contributed by atoms with Crippen molar-refractivity contribution in [1.82, 2.24) is 5.32 Å². The van der Waals surface area contributed by atoms with Crippen molar-refractivity contribution in [3.05, 3.63) is 33.9 Å². The highest BCUT2D eigenvalue weighted by atomic mass is 32.2. The predicted octanol–water partition coefficient (Wildman–Crippen LogP) is 2.51. The minimum Gasteiger partial charge on any atom is -0.383 e. The first-order chi connectivity index (χ1) is 9.30. The summed E-state index contributed by atoms with van der Waals surface area (Å²) in [4.78, 5) is 22.5. The van der Waals surface area contributed by atoms with Crippen LogP contribution in [0.25, 0.3) is 0 Å². The number of carbonyl (C=O) groups is 1. The van der Waals surface area contributed by atoms with Crippen LogP contribution in [-0.2, 0) is 0 Å². The summed E-state index contributed by atoms with van der Waals surface area (Å²) in [6.07, 6.45) is 1.97. The molecule has 0 fully saturated rings. The molecule has 1 rings (SSSR count). The second-order valence-corrected chi connectivity index (χ2v) is 6.40. The second-order valence-electron chi connectivity index (χ2n) is 4.89. The van der Waals surface area contributed by atoms with E-state index in [0.717, 1.165) is 0 Å². The largest absolute Gasteiger partial charge is 0.383 e. The molecule has 0 unspecified atom stereocenters. The van der Waals surface area contributed by atoms with Crippen LogP contribution in [0.15, 0.2) is 18.2 Å². The topological polar surface area (TPSA) is 84.3 Å². The van der Waals surface area contributed by atoms with Crippen molar-refractivity contribution in [2.75, 3.05) is 25.2 Å². The van der Waals surface area contributed by atoms with E-state index in [1.54, 1.807) is 24.9 Å². The minimum atomic E-state index is -0.506. The van der Waals surface area contributed by atoms with Gasteiger partial charge in [-0.25, -0.2) is 0 Å². The predicted molar refractivity (Wildman–Crippen MR) is 82.6 cm³/mol. The van der Waals surface area contributed by atoms with Gasteiger partial charge < -0.3 is 10.6 Å². The highest BCUT2D eigenvalue weighted by Crippen LogP contribution is 2.25. The highest BCUT2D eigenvalue weighted by molar-refractivity contribution is 7.99. The molecule has 7 heteroatoms. The number of nitrogens with zero attached hydrogens (tertiary/aromatic N) is 1. The fraction of sp³-hybridized carbons (Fsp3) is 0.462. The number of nitro groups is 1. The molecule has 1 aromatic rings. The van der Waals surface area contributed by atoms with E-state index in [1.807, 2.05) is 20.1 Å². The van der Waals surface area contributed by atoms with E-state index in [-0.39, 0.29) is 21.9 Å². The highest BCUT2D eigenvalue weighted by Gasteiger charge is 2.20. The molecular weight excluding hydrogens is 278 g/mol. The van der Waals surface area contributed by atoms with E-state index in [1.165, 1.54) is 12.1 Å². The van der Waals surface area contributed by atoms with E-state index in [2.05, 4.69) is 10.6 Å². The summed E-state index contributed by atoms with van der Waals surface area (Å²) >= 11 is 1.65. The number of nitrogens with one attached hydrogen (secondary N) is 2. The lowest BCUT2D eigenvalue weighted by Crippen LogP contribution is -2.36. The van der Waals surface area contributed by atoms with Gasteiger partial charge in [0.1, 0.15) is 5.69 Å². The number of rotatable bonds is 6. The lowest BCUT2D eigenvalue weighted by Gasteiger charge is -2.22. The fourth-order valence-corrected chi connectivity index (χ4v) is 1.72. The molecule has 1 aromatic carbocycles. The van der Waals surface area contributed by atoms with Gasteiger partial charge in [-0.15, -0.1) is 0 Å². The van der Waals surface area contributed by atoms with Crippen molar-refractivity contribution in [3.63, 3.8) is 0 Å². The van der Waals surface area contributed by atoms with Crippen LogP contribution >= 0.6 is 11.8 Å². The van der Waals surface area contributed by atoms with Crippen LogP contribution in [0.1, 0.15) is 24.2 Å². The van der Waals surface area contributed by atoms with Crippen LogP contribution in [-0.4, -0.2) is 35.4 Å². The summed E-state index contributed by atoms with van der Waals surface area (Å²) in [6, 6.07) is 4.39. The molecule has 0 saturated carbocycles. The first kappa shape index (κ1) is 16.3. The Kier molecular flexibility index (Phi) is 5.38. The molecule has 0 aliphatic carbocycles. The Labute approximate surface area is 122 Å². The molecule has 0 radical (unpaired) electrons. The minimum absolute atomic E-state index is 0.0769. The van der Waals surface area contributed by atoms with Gasteiger partial charge in [-0.3, -0.25) is 14.9 Å². The zero-order valence-corrected chi connectivity index (χ0v) is 12.8. The third kappa shape index (κ3) is 4.12. The zero-order chi connectivity index (χ0) is 15.3. The Balaban J connectivity index is 2.89. The molecule has 0 saturated heterocycles. The van der Waals surface area contributed by atoms with Crippen molar-refractivity contribution in [1.29, 1.82) is 0 Å². The maximum absolute atomic E-state index is 12.0. The number of carbonyl (C=O) groups excluding carboxylic acids is 1. The lowest BCUT2D eigenvalue weighted by molar-refractivity contribution is -0.384. The van der Waals surface area contributed by atoms with Gasteiger partial charge in [0.25, 0.3) is 11.6 Å². The number of amides is 1. The van der Waals surface area contributed by atoms with Crippen LogP contribution in [0.4, 0.5) is 11.4 Å². The van der Waals surface area contributed by atoms with Crippen molar-refractivity contribution in [2.24, 2.45) is 0 Å². The maximum atomic E-state index is 12.0. The quantitative estimate of drug-likeness (QED) is 0.622. The van der Waals surface area contributed by atoms with Crippen LogP contribution in [0.3, 0.4) is 0 Å². The van der Waals surface area contributed by atoms with Gasteiger partial charge in [0, 0.05) is 30.0 Å². The van der Waals surface area contributed by atoms with E-state index in [9.17, 15) is 14.9 Å². The molecular formula is C13H19N3O3S. The molecule has 110 valence electrons. The number of nitro benzene ring substituents is 1. The summed E-state index contributed by atoms with van der Waals surface area (Å²) in [7, 11) is 1.60. The lowest BCUT2D eigenvalue weighted by atomic mass is 10.1. The van der Waals surface area contributed by atoms with Crippen LogP contribution in [0.5, 0.6) is 0 Å². The summed E-state index contributed by atoms with van der Waals surface area (Å²) in [5.41, 5.74) is 0.563. The Morgan fingerprint density at radius 2 is 2.10 bits per heavy atom. The van der Waals surface area contributed by atoms with Gasteiger partial charge in [-0.05, 0) is 32.2 Å². The summed E-state index contributed by atoms with van der Waals surface area (Å²) in [6.45, 7) is 4.53. The summed E-state index contributed by atoms with van der Waals surface area (Å²) in [5, 5.41) is 16.5. The van der Waals surface area contributed by atoms with E-state index >= 15 is 0 Å². The molecule has 0 aliphatic heterocycles. The standard InChI is InChI=1S/C13H19N3O3S/c1-13(2,20-4)8-15-12(17)9-5-6-10(14-3)11(7-9)16(18)19/h5-7,14H,8H2,1-4H3,(H,15,17). The zero-order valence-electron chi connectivity index (χ0n) is 12.0. The first-order valence-corrected chi connectivity index (χ1v) is 7.33. The normalized spacial score (nSPS) is 11.0. The van der Waals surface area contributed by atoms with Crippen LogP contribution in [0.2, 0.25) is 0 Å². The van der Waals surface area contributed by atoms with Gasteiger partial charge in [-0.1, -0.05) is 0 Å². The van der Waals surface area contributed by atoms with E-state index < -0.39 is 4.92 Å². The van der Waals surface area contributed by atoms with Crippen molar-refractivity contribution >= 4 is 29.0 Å². The maximum Gasteiger partial charge on any atom is 0.293 e. The average molecular weight is 297 g/mol. The smallest absolute Gasteiger partial charge is 0.293 e.